The maximum Gasteiger partial charge on any atom is 0.243 e. The molecule has 10 heteroatoms. The van der Waals surface area contributed by atoms with Crippen LogP contribution >= 0.6 is 11.6 Å². The van der Waals surface area contributed by atoms with Gasteiger partial charge in [-0.3, -0.25) is 4.79 Å². The Morgan fingerprint density at radius 3 is 2.64 bits per heavy atom. The fraction of sp³-hybridized carbons (Fsp3) is 0.278. The number of carbonyl (C=O) groups is 1. The number of nitrogens with one attached hydrogen (secondary N) is 3. The van der Waals surface area contributed by atoms with Crippen molar-refractivity contribution >= 4 is 27.5 Å². The van der Waals surface area contributed by atoms with E-state index in [1.165, 1.54) is 43.4 Å². The van der Waals surface area contributed by atoms with Crippen molar-refractivity contribution < 1.29 is 17.6 Å². The molecule has 0 radical (unpaired) electrons. The van der Waals surface area contributed by atoms with Crippen molar-refractivity contribution in [1.29, 1.82) is 0 Å². The molecule has 2 unspecified atom stereocenters. The molecule has 1 fully saturated rings. The van der Waals surface area contributed by atoms with Gasteiger partial charge in [0.15, 0.2) is 0 Å². The number of hydrogen-bond acceptors (Lipinski definition) is 5. The van der Waals surface area contributed by atoms with E-state index in [4.69, 9.17) is 11.6 Å². The number of nitrogens with zero attached hydrogens (tertiary/aromatic N) is 1. The van der Waals surface area contributed by atoms with Gasteiger partial charge in [-0.25, -0.2) is 23.7 Å². The number of hydrogen-bond donors (Lipinski definition) is 3. The summed E-state index contributed by atoms with van der Waals surface area (Å²) in [7, 11) is -2.47. The molecule has 3 N–H and O–H groups in total. The Balaban J connectivity index is 1.56. The molecule has 0 aromatic heterocycles. The van der Waals surface area contributed by atoms with E-state index >= 15 is 0 Å². The van der Waals surface area contributed by atoms with E-state index in [0.29, 0.717) is 11.4 Å². The number of halogens is 2. The Labute approximate surface area is 167 Å². The third-order valence-corrected chi connectivity index (χ3v) is 6.45. The predicted octanol–water partition coefficient (Wildman–Crippen LogP) is 1.78. The van der Waals surface area contributed by atoms with Gasteiger partial charge in [0.1, 0.15) is 5.82 Å². The van der Waals surface area contributed by atoms with E-state index in [-0.39, 0.29) is 23.3 Å². The van der Waals surface area contributed by atoms with Gasteiger partial charge >= 0.3 is 0 Å². The number of hydrazine groups is 1. The zero-order valence-electron chi connectivity index (χ0n) is 15.0. The van der Waals surface area contributed by atoms with Gasteiger partial charge in [-0.2, -0.15) is 4.31 Å². The summed E-state index contributed by atoms with van der Waals surface area (Å²) in [4.78, 5) is 12.3. The van der Waals surface area contributed by atoms with Crippen LogP contribution < -0.4 is 16.2 Å². The molecule has 0 bridgehead atoms. The van der Waals surface area contributed by atoms with Crippen LogP contribution in [0.25, 0.3) is 0 Å². The maximum absolute atomic E-state index is 13.4. The highest BCUT2D eigenvalue weighted by atomic mass is 35.5. The van der Waals surface area contributed by atoms with Gasteiger partial charge in [-0.1, -0.05) is 23.7 Å². The van der Waals surface area contributed by atoms with Crippen molar-refractivity contribution in [3.63, 3.8) is 0 Å². The van der Waals surface area contributed by atoms with Crippen LogP contribution in [0.15, 0.2) is 53.4 Å². The van der Waals surface area contributed by atoms with Gasteiger partial charge in [0.2, 0.25) is 15.9 Å². The zero-order valence-corrected chi connectivity index (χ0v) is 16.6. The van der Waals surface area contributed by atoms with Crippen LogP contribution in [-0.2, 0) is 14.8 Å². The molecular weight excluding hydrogens is 407 g/mol. The Kier molecular flexibility index (Phi) is 6.31. The van der Waals surface area contributed by atoms with Crippen molar-refractivity contribution in [1.82, 2.24) is 20.5 Å². The highest BCUT2D eigenvalue weighted by molar-refractivity contribution is 7.89. The van der Waals surface area contributed by atoms with Crippen LogP contribution in [0, 0.1) is 5.82 Å². The first-order valence-electron chi connectivity index (χ1n) is 8.53. The third-order valence-electron chi connectivity index (χ3n) is 4.38. The molecule has 0 spiro atoms. The maximum atomic E-state index is 13.4. The lowest BCUT2D eigenvalue weighted by molar-refractivity contribution is -0.121. The van der Waals surface area contributed by atoms with Gasteiger partial charge in [0, 0.05) is 24.5 Å². The molecule has 7 nitrogen and oxygen atoms in total. The van der Waals surface area contributed by atoms with Gasteiger partial charge in [0.25, 0.3) is 0 Å². The lowest BCUT2D eigenvalue weighted by Gasteiger charge is -2.18. The van der Waals surface area contributed by atoms with E-state index in [2.05, 4.69) is 16.2 Å². The molecule has 0 aliphatic carbocycles. The quantitative estimate of drug-likeness (QED) is 0.655. The Morgan fingerprint density at radius 1 is 1.25 bits per heavy atom. The van der Waals surface area contributed by atoms with E-state index < -0.39 is 22.1 Å². The number of carbonyl (C=O) groups excluding carboxylic acids is 1. The minimum atomic E-state index is -3.81. The normalized spacial score (nSPS) is 19.7. The SMILES string of the molecule is CN(CC(=O)NC1CC(c2cccc(F)c2)NN1)S(=O)(=O)c1ccc(Cl)cc1. The molecule has 2 aromatic carbocycles. The van der Waals surface area contributed by atoms with Crippen LogP contribution in [0.4, 0.5) is 4.39 Å². The van der Waals surface area contributed by atoms with Crippen molar-refractivity contribution in [2.24, 2.45) is 0 Å². The van der Waals surface area contributed by atoms with E-state index in [1.807, 2.05) is 0 Å². The van der Waals surface area contributed by atoms with Crippen LogP contribution in [0.5, 0.6) is 0 Å². The first-order chi connectivity index (χ1) is 13.3. The second kappa shape index (κ2) is 8.54. The summed E-state index contributed by atoms with van der Waals surface area (Å²) < 4.78 is 39.4. The largest absolute Gasteiger partial charge is 0.338 e. The molecule has 1 aliphatic rings. The molecule has 1 amide bonds. The Bertz CT molecular complexity index is 956. The average Bonchev–Trinajstić information content (AvgIpc) is 3.10. The minimum Gasteiger partial charge on any atom is -0.338 e. The zero-order chi connectivity index (χ0) is 20.3. The summed E-state index contributed by atoms with van der Waals surface area (Å²) >= 11 is 5.78. The molecule has 1 aliphatic heterocycles. The Morgan fingerprint density at radius 2 is 1.96 bits per heavy atom. The first kappa shape index (κ1) is 20.7. The van der Waals surface area contributed by atoms with Gasteiger partial charge in [0.05, 0.1) is 17.6 Å². The highest BCUT2D eigenvalue weighted by Crippen LogP contribution is 2.22. The molecule has 0 saturated carbocycles. The molecule has 3 rings (SSSR count). The molecule has 150 valence electrons. The Hall–Kier alpha value is -2.04. The van der Waals surface area contributed by atoms with E-state index in [1.54, 1.807) is 12.1 Å². The number of rotatable bonds is 6. The summed E-state index contributed by atoms with van der Waals surface area (Å²) in [5, 5.41) is 3.15. The van der Waals surface area contributed by atoms with E-state index in [9.17, 15) is 17.6 Å². The predicted molar refractivity (Wildman–Crippen MR) is 103 cm³/mol. The summed E-state index contributed by atoms with van der Waals surface area (Å²) in [6.07, 6.45) is 0.0791. The summed E-state index contributed by atoms with van der Waals surface area (Å²) in [6.45, 7) is -0.340. The lowest BCUT2D eigenvalue weighted by atomic mass is 10.0. The van der Waals surface area contributed by atoms with Crippen molar-refractivity contribution in [2.75, 3.05) is 13.6 Å². The third kappa shape index (κ3) is 4.86. The van der Waals surface area contributed by atoms with Crippen molar-refractivity contribution in [3.8, 4) is 0 Å². The van der Waals surface area contributed by atoms with Crippen LogP contribution in [0.3, 0.4) is 0 Å². The smallest absolute Gasteiger partial charge is 0.243 e. The second-order valence-electron chi connectivity index (χ2n) is 6.47. The summed E-state index contributed by atoms with van der Waals surface area (Å²) in [6, 6.07) is 11.8. The second-order valence-corrected chi connectivity index (χ2v) is 8.95. The molecule has 1 saturated heterocycles. The minimum absolute atomic E-state index is 0.0547. The number of benzene rings is 2. The summed E-state index contributed by atoms with van der Waals surface area (Å²) in [5.74, 6) is -0.792. The highest BCUT2D eigenvalue weighted by Gasteiger charge is 2.28. The summed E-state index contributed by atoms with van der Waals surface area (Å²) in [5.41, 5.74) is 6.67. The molecule has 2 atom stereocenters. The van der Waals surface area contributed by atoms with E-state index in [0.717, 1.165) is 9.87 Å². The van der Waals surface area contributed by atoms with Gasteiger partial charge in [-0.05, 0) is 42.0 Å². The molecule has 28 heavy (non-hydrogen) atoms. The lowest BCUT2D eigenvalue weighted by Crippen LogP contribution is -2.48. The van der Waals surface area contributed by atoms with Gasteiger partial charge in [-0.15, -0.1) is 0 Å². The number of likely N-dealkylation sites (N-methyl/N-ethyl adjacent to an activating group) is 1. The van der Waals surface area contributed by atoms with Crippen LogP contribution in [-0.4, -0.2) is 38.4 Å². The topological polar surface area (TPSA) is 90.5 Å². The number of amides is 1. The monoisotopic (exact) mass is 426 g/mol. The fourth-order valence-electron chi connectivity index (χ4n) is 2.91. The fourth-order valence-corrected chi connectivity index (χ4v) is 4.16. The molecular formula is C18H20ClFN4O3S. The number of sulfonamides is 1. The standard InChI is InChI=1S/C18H20ClFN4O3S/c1-24(28(26,27)15-7-5-13(19)6-8-15)11-18(25)21-17-10-16(22-23-17)12-3-2-4-14(20)9-12/h2-9,16-17,22-23H,10-11H2,1H3,(H,21,25). The first-order valence-corrected chi connectivity index (χ1v) is 10.4. The van der Waals surface area contributed by atoms with Crippen molar-refractivity contribution in [3.05, 3.63) is 64.9 Å². The molecule has 1 heterocycles. The van der Waals surface area contributed by atoms with Crippen molar-refractivity contribution in [2.45, 2.75) is 23.5 Å². The van der Waals surface area contributed by atoms with Crippen LogP contribution in [0.1, 0.15) is 18.0 Å². The molecule has 2 aromatic rings. The average molecular weight is 427 g/mol. The van der Waals surface area contributed by atoms with Gasteiger partial charge < -0.3 is 5.32 Å². The van der Waals surface area contributed by atoms with Crippen LogP contribution in [0.2, 0.25) is 5.02 Å².